The van der Waals surface area contributed by atoms with Crippen molar-refractivity contribution < 1.29 is 9.53 Å². The summed E-state index contributed by atoms with van der Waals surface area (Å²) in [6.07, 6.45) is 6.64. The van der Waals surface area contributed by atoms with Crippen LogP contribution >= 0.6 is 0 Å². The summed E-state index contributed by atoms with van der Waals surface area (Å²) in [4.78, 5) is 11.8. The van der Waals surface area contributed by atoms with Crippen molar-refractivity contribution in [2.75, 3.05) is 19.0 Å². The molecule has 0 spiro atoms. The highest BCUT2D eigenvalue weighted by molar-refractivity contribution is 5.93. The first-order valence-electron chi connectivity index (χ1n) is 9.02. The van der Waals surface area contributed by atoms with E-state index >= 15 is 0 Å². The molecule has 0 unspecified atom stereocenters. The van der Waals surface area contributed by atoms with E-state index in [4.69, 9.17) is 4.74 Å². The van der Waals surface area contributed by atoms with E-state index < -0.39 is 0 Å². The van der Waals surface area contributed by atoms with Crippen molar-refractivity contribution in [3.05, 3.63) is 29.8 Å². The van der Waals surface area contributed by atoms with Crippen LogP contribution in [0.4, 0.5) is 5.69 Å². The molecule has 0 bridgehead atoms. The lowest BCUT2D eigenvalue weighted by atomic mass is 9.85. The molecule has 1 saturated carbocycles. The second-order valence-corrected chi connectivity index (χ2v) is 5.83. The Bertz CT molecular complexity index is 412. The molecule has 2 rings (SSSR count). The Kier molecular flexibility index (Phi) is 13.4. The molecule has 0 aromatic heterocycles. The molecule has 1 amide bonds. The molecular weight excluding hydrogens is 286 g/mol. The topological polar surface area (TPSA) is 38.3 Å². The second-order valence-electron chi connectivity index (χ2n) is 5.83. The van der Waals surface area contributed by atoms with Gasteiger partial charge in [-0.15, -0.1) is 0 Å². The van der Waals surface area contributed by atoms with E-state index in [1.807, 2.05) is 18.2 Å². The number of nitrogens with one attached hydrogen (secondary N) is 1. The molecule has 3 nitrogen and oxygen atoms in total. The minimum absolute atomic E-state index is 0.196. The molecule has 132 valence electrons. The standard InChI is InChI=1S/C13H17NO.C4H10O.C3H8/c1-2-10-6-3-4-9-12(10)14-13(15)11-7-5-8-11;1-3-4-5-2;1-3-2/h3-4,6,9,11H,2,5,7-8H2,1H3,(H,14,15);3-4H2,1-2H3;3H2,1-2H3. The summed E-state index contributed by atoms with van der Waals surface area (Å²) in [5.74, 6) is 0.456. The zero-order valence-corrected chi connectivity index (χ0v) is 15.7. The fourth-order valence-corrected chi connectivity index (χ4v) is 2.06. The molecule has 1 aliphatic rings. The van der Waals surface area contributed by atoms with Crippen LogP contribution in [0.15, 0.2) is 24.3 Å². The van der Waals surface area contributed by atoms with Crippen molar-refractivity contribution in [1.29, 1.82) is 0 Å². The van der Waals surface area contributed by atoms with E-state index in [0.717, 1.165) is 38.0 Å². The molecule has 3 heteroatoms. The molecule has 1 N–H and O–H groups in total. The Morgan fingerprint density at radius 3 is 2.17 bits per heavy atom. The summed E-state index contributed by atoms with van der Waals surface area (Å²) in [6.45, 7) is 9.33. The van der Waals surface area contributed by atoms with Gasteiger partial charge in [0.15, 0.2) is 0 Å². The Balaban J connectivity index is 0.000000511. The fraction of sp³-hybridized carbons (Fsp3) is 0.650. The van der Waals surface area contributed by atoms with E-state index in [9.17, 15) is 4.79 Å². The molecule has 1 aromatic carbocycles. The molecule has 0 atom stereocenters. The first kappa shape index (κ1) is 21.6. The predicted octanol–water partition coefficient (Wildman–Crippen LogP) is 5.45. The number of rotatable bonds is 5. The molecule has 1 fully saturated rings. The van der Waals surface area contributed by atoms with Crippen molar-refractivity contribution in [1.82, 2.24) is 0 Å². The maximum absolute atomic E-state index is 11.8. The Morgan fingerprint density at radius 2 is 1.78 bits per heavy atom. The molecule has 0 radical (unpaired) electrons. The van der Waals surface area contributed by atoms with Gasteiger partial charge in [-0.1, -0.05) is 58.7 Å². The van der Waals surface area contributed by atoms with Gasteiger partial charge in [0.05, 0.1) is 0 Å². The molecule has 1 aliphatic carbocycles. The number of para-hydroxylation sites is 1. The van der Waals surface area contributed by atoms with Gasteiger partial charge in [-0.3, -0.25) is 4.79 Å². The molecule has 0 heterocycles. The van der Waals surface area contributed by atoms with Crippen molar-refractivity contribution in [3.63, 3.8) is 0 Å². The van der Waals surface area contributed by atoms with Gasteiger partial charge in [-0.2, -0.15) is 0 Å². The number of ether oxygens (including phenoxy) is 1. The summed E-state index contributed by atoms with van der Waals surface area (Å²) >= 11 is 0. The molecule has 23 heavy (non-hydrogen) atoms. The Labute approximate surface area is 142 Å². The SMILES string of the molecule is CCC.CCCOC.CCc1ccccc1NC(=O)C1CCC1. The van der Waals surface area contributed by atoms with Crippen molar-refractivity contribution in [2.24, 2.45) is 5.92 Å². The van der Waals surface area contributed by atoms with Crippen LogP contribution in [0.25, 0.3) is 0 Å². The van der Waals surface area contributed by atoms with Crippen molar-refractivity contribution >= 4 is 11.6 Å². The van der Waals surface area contributed by atoms with Crippen LogP contribution in [0.5, 0.6) is 0 Å². The second kappa shape index (κ2) is 14.3. The van der Waals surface area contributed by atoms with Gasteiger partial charge in [0, 0.05) is 25.3 Å². The first-order valence-corrected chi connectivity index (χ1v) is 9.02. The Hall–Kier alpha value is -1.35. The number of hydrogen-bond donors (Lipinski definition) is 1. The van der Waals surface area contributed by atoms with E-state index in [-0.39, 0.29) is 11.8 Å². The quantitative estimate of drug-likeness (QED) is 0.783. The van der Waals surface area contributed by atoms with Crippen molar-refractivity contribution in [3.8, 4) is 0 Å². The van der Waals surface area contributed by atoms with Crippen LogP contribution < -0.4 is 5.32 Å². The summed E-state index contributed by atoms with van der Waals surface area (Å²) in [5, 5.41) is 3.02. The van der Waals surface area contributed by atoms with E-state index in [2.05, 4.69) is 39.1 Å². The minimum Gasteiger partial charge on any atom is -0.385 e. The lowest BCUT2D eigenvalue weighted by molar-refractivity contribution is -0.122. The maximum atomic E-state index is 11.8. The largest absolute Gasteiger partial charge is 0.385 e. The first-order chi connectivity index (χ1) is 11.1. The van der Waals surface area contributed by atoms with Gasteiger partial charge in [0.1, 0.15) is 0 Å². The van der Waals surface area contributed by atoms with Gasteiger partial charge >= 0.3 is 0 Å². The lowest BCUT2D eigenvalue weighted by Gasteiger charge is -2.24. The van der Waals surface area contributed by atoms with Crippen LogP contribution in [0.3, 0.4) is 0 Å². The van der Waals surface area contributed by atoms with Gasteiger partial charge in [-0.25, -0.2) is 0 Å². The molecule has 1 aromatic rings. The lowest BCUT2D eigenvalue weighted by Crippen LogP contribution is -2.28. The Morgan fingerprint density at radius 1 is 1.17 bits per heavy atom. The predicted molar refractivity (Wildman–Crippen MR) is 99.9 cm³/mol. The van der Waals surface area contributed by atoms with Crippen LogP contribution in [0.1, 0.15) is 65.4 Å². The highest BCUT2D eigenvalue weighted by atomic mass is 16.5. The smallest absolute Gasteiger partial charge is 0.227 e. The third-order valence-electron chi connectivity index (χ3n) is 3.54. The van der Waals surface area contributed by atoms with E-state index in [1.165, 1.54) is 18.4 Å². The minimum atomic E-state index is 0.196. The number of amides is 1. The van der Waals surface area contributed by atoms with E-state index in [1.54, 1.807) is 7.11 Å². The highest BCUT2D eigenvalue weighted by Gasteiger charge is 2.25. The monoisotopic (exact) mass is 321 g/mol. The van der Waals surface area contributed by atoms with Gasteiger partial charge in [0.25, 0.3) is 0 Å². The van der Waals surface area contributed by atoms with Gasteiger partial charge in [-0.05, 0) is 37.3 Å². The van der Waals surface area contributed by atoms with Crippen LogP contribution in [-0.2, 0) is 16.0 Å². The van der Waals surface area contributed by atoms with Gasteiger partial charge < -0.3 is 10.1 Å². The number of carbonyl (C=O) groups is 1. The third kappa shape index (κ3) is 9.39. The number of methoxy groups -OCH3 is 1. The number of carbonyl (C=O) groups excluding carboxylic acids is 1. The van der Waals surface area contributed by atoms with Crippen molar-refractivity contribution in [2.45, 2.75) is 66.2 Å². The van der Waals surface area contributed by atoms with E-state index in [0.29, 0.717) is 0 Å². The summed E-state index contributed by atoms with van der Waals surface area (Å²) in [7, 11) is 1.71. The fourth-order valence-electron chi connectivity index (χ4n) is 2.06. The van der Waals surface area contributed by atoms with Gasteiger partial charge in [0.2, 0.25) is 5.91 Å². The maximum Gasteiger partial charge on any atom is 0.227 e. The number of anilines is 1. The summed E-state index contributed by atoms with van der Waals surface area (Å²) in [5.41, 5.74) is 2.20. The number of aryl methyl sites for hydroxylation is 1. The summed E-state index contributed by atoms with van der Waals surface area (Å²) < 4.78 is 4.69. The average molecular weight is 322 g/mol. The number of hydrogen-bond acceptors (Lipinski definition) is 2. The van der Waals surface area contributed by atoms with Crippen LogP contribution in [0, 0.1) is 5.92 Å². The average Bonchev–Trinajstić information content (AvgIpc) is 2.48. The van der Waals surface area contributed by atoms with Crippen LogP contribution in [0.2, 0.25) is 0 Å². The number of benzene rings is 1. The third-order valence-corrected chi connectivity index (χ3v) is 3.54. The molecule has 0 saturated heterocycles. The normalized spacial score (nSPS) is 12.9. The zero-order chi connectivity index (χ0) is 17.5. The molecule has 0 aliphatic heterocycles. The highest BCUT2D eigenvalue weighted by Crippen LogP contribution is 2.28. The summed E-state index contributed by atoms with van der Waals surface area (Å²) in [6, 6.07) is 8.03. The van der Waals surface area contributed by atoms with Crippen LogP contribution in [-0.4, -0.2) is 19.6 Å². The molecular formula is C20H35NO2. The zero-order valence-electron chi connectivity index (χ0n) is 15.7.